The van der Waals surface area contributed by atoms with Gasteiger partial charge in [-0.1, -0.05) is 6.07 Å². The molecule has 9 nitrogen and oxygen atoms in total. The van der Waals surface area contributed by atoms with Gasteiger partial charge < -0.3 is 19.1 Å². The van der Waals surface area contributed by atoms with E-state index in [9.17, 15) is 14.7 Å². The SMILES string of the molecule is CN(C(=O)OC(C)(C)C)c1cccc(CCOc2ccc3c(ccn3/C(=C/C(=O)O)c3cccnc3)c2)n1. The van der Waals surface area contributed by atoms with Gasteiger partial charge in [0, 0.05) is 54.8 Å². The number of carbonyl (C=O) groups is 2. The zero-order valence-electron chi connectivity index (χ0n) is 21.8. The van der Waals surface area contributed by atoms with E-state index in [2.05, 4.69) is 9.97 Å². The molecule has 0 fully saturated rings. The number of carboxylic acid groups (broad SMARTS) is 1. The van der Waals surface area contributed by atoms with Crippen LogP contribution in [0, 0.1) is 0 Å². The van der Waals surface area contributed by atoms with Gasteiger partial charge in [-0.2, -0.15) is 0 Å². The number of carbonyl (C=O) groups excluding carboxylic acids is 1. The third kappa shape index (κ3) is 6.56. The zero-order chi connectivity index (χ0) is 27.3. The highest BCUT2D eigenvalue weighted by Crippen LogP contribution is 2.27. The fourth-order valence-corrected chi connectivity index (χ4v) is 3.83. The summed E-state index contributed by atoms with van der Waals surface area (Å²) in [6.07, 6.45) is 6.34. The first-order chi connectivity index (χ1) is 18.1. The molecule has 0 radical (unpaired) electrons. The molecule has 0 saturated heterocycles. The van der Waals surface area contributed by atoms with E-state index in [0.29, 0.717) is 35.9 Å². The number of anilines is 1. The Morgan fingerprint density at radius 3 is 2.63 bits per heavy atom. The van der Waals surface area contributed by atoms with Gasteiger partial charge in [0.2, 0.25) is 0 Å². The summed E-state index contributed by atoms with van der Waals surface area (Å²) in [5.41, 5.74) is 2.24. The topological polar surface area (TPSA) is 107 Å². The summed E-state index contributed by atoms with van der Waals surface area (Å²) in [7, 11) is 1.63. The summed E-state index contributed by atoms with van der Waals surface area (Å²) in [5, 5.41) is 10.3. The van der Waals surface area contributed by atoms with Gasteiger partial charge in [0.25, 0.3) is 0 Å². The maximum atomic E-state index is 12.4. The summed E-state index contributed by atoms with van der Waals surface area (Å²) in [5.74, 6) is 0.140. The molecule has 196 valence electrons. The predicted molar refractivity (Wildman–Crippen MR) is 145 cm³/mol. The maximum Gasteiger partial charge on any atom is 0.415 e. The highest BCUT2D eigenvalue weighted by Gasteiger charge is 2.21. The standard InChI is InChI=1S/C29H30N4O5/c1-29(2,3)38-28(36)32(4)26-9-5-8-22(31-26)13-16-37-23-10-11-24-20(17-23)12-15-33(24)25(18-27(34)35)21-7-6-14-30-19-21/h5-12,14-15,17-19H,13,16H2,1-4H3,(H,34,35)/b25-18+. The molecule has 3 heterocycles. The number of fused-ring (bicyclic) bond motifs is 1. The van der Waals surface area contributed by atoms with Crippen LogP contribution in [0.15, 0.2) is 79.3 Å². The van der Waals surface area contributed by atoms with Crippen LogP contribution < -0.4 is 9.64 Å². The number of hydrogen-bond donors (Lipinski definition) is 1. The fourth-order valence-electron chi connectivity index (χ4n) is 3.83. The minimum atomic E-state index is -1.04. The van der Waals surface area contributed by atoms with Crippen molar-refractivity contribution in [3.05, 3.63) is 90.5 Å². The van der Waals surface area contributed by atoms with Crippen molar-refractivity contribution in [1.82, 2.24) is 14.5 Å². The van der Waals surface area contributed by atoms with E-state index in [1.54, 1.807) is 31.6 Å². The van der Waals surface area contributed by atoms with Crippen LogP contribution >= 0.6 is 0 Å². The van der Waals surface area contributed by atoms with Crippen molar-refractivity contribution in [2.24, 2.45) is 0 Å². The maximum absolute atomic E-state index is 12.4. The van der Waals surface area contributed by atoms with E-state index in [1.165, 1.54) is 11.0 Å². The third-order valence-corrected chi connectivity index (χ3v) is 5.57. The molecule has 0 aliphatic carbocycles. The Hall–Kier alpha value is -4.66. The Kier molecular flexibility index (Phi) is 7.76. The van der Waals surface area contributed by atoms with E-state index >= 15 is 0 Å². The van der Waals surface area contributed by atoms with Gasteiger partial charge in [-0.3, -0.25) is 9.88 Å². The summed E-state index contributed by atoms with van der Waals surface area (Å²) < 4.78 is 13.2. The molecule has 4 rings (SSSR count). The van der Waals surface area contributed by atoms with Gasteiger partial charge >= 0.3 is 12.1 Å². The van der Waals surface area contributed by atoms with E-state index in [1.807, 2.05) is 74.0 Å². The summed E-state index contributed by atoms with van der Waals surface area (Å²) in [4.78, 5) is 33.9. The minimum absolute atomic E-state index is 0.388. The van der Waals surface area contributed by atoms with Gasteiger partial charge in [0.15, 0.2) is 0 Å². The molecule has 1 aromatic carbocycles. The molecule has 0 aliphatic heterocycles. The Bertz CT molecular complexity index is 1470. The van der Waals surface area contributed by atoms with Crippen LogP contribution in [0.2, 0.25) is 0 Å². The van der Waals surface area contributed by atoms with Crippen LogP contribution in [-0.2, 0) is 16.0 Å². The molecule has 0 aliphatic rings. The van der Waals surface area contributed by atoms with Gasteiger partial charge in [0.05, 0.1) is 17.8 Å². The lowest BCUT2D eigenvalue weighted by molar-refractivity contribution is -0.131. The molecule has 9 heteroatoms. The number of nitrogens with zero attached hydrogens (tertiary/aromatic N) is 4. The van der Waals surface area contributed by atoms with Crippen LogP contribution in [-0.4, -0.2) is 51.0 Å². The second-order valence-corrected chi connectivity index (χ2v) is 9.64. The van der Waals surface area contributed by atoms with Crippen molar-refractivity contribution >= 4 is 34.5 Å². The molecule has 0 spiro atoms. The number of aliphatic carboxylic acids is 1. The average molecular weight is 515 g/mol. The zero-order valence-corrected chi connectivity index (χ0v) is 21.8. The second kappa shape index (κ2) is 11.2. The summed E-state index contributed by atoms with van der Waals surface area (Å²) in [6, 6.07) is 16.6. The van der Waals surface area contributed by atoms with Crippen LogP contribution in [0.4, 0.5) is 10.6 Å². The molecular formula is C29H30N4O5. The molecule has 4 aromatic rings. The van der Waals surface area contributed by atoms with E-state index in [4.69, 9.17) is 9.47 Å². The fraction of sp³-hybridized carbons (Fsp3) is 0.241. The van der Waals surface area contributed by atoms with Crippen molar-refractivity contribution < 1.29 is 24.2 Å². The lowest BCUT2D eigenvalue weighted by atomic mass is 10.2. The third-order valence-electron chi connectivity index (χ3n) is 5.57. The monoisotopic (exact) mass is 514 g/mol. The lowest BCUT2D eigenvalue weighted by Gasteiger charge is -2.24. The average Bonchev–Trinajstić information content (AvgIpc) is 3.29. The second-order valence-electron chi connectivity index (χ2n) is 9.64. The molecule has 1 N–H and O–H groups in total. The van der Waals surface area contributed by atoms with Crippen LogP contribution in [0.5, 0.6) is 5.75 Å². The van der Waals surface area contributed by atoms with Crippen molar-refractivity contribution in [2.45, 2.75) is 32.8 Å². The largest absolute Gasteiger partial charge is 0.493 e. The molecule has 0 saturated carbocycles. The molecule has 0 atom stereocenters. The van der Waals surface area contributed by atoms with Gasteiger partial charge in [-0.15, -0.1) is 0 Å². The lowest BCUT2D eigenvalue weighted by Crippen LogP contribution is -2.34. The first-order valence-corrected chi connectivity index (χ1v) is 12.1. The number of benzene rings is 1. The molecule has 3 aromatic heterocycles. The Labute approximate surface area is 221 Å². The molecule has 0 unspecified atom stereocenters. The van der Waals surface area contributed by atoms with E-state index in [0.717, 1.165) is 16.6 Å². The van der Waals surface area contributed by atoms with Crippen molar-refractivity contribution in [3.8, 4) is 5.75 Å². The van der Waals surface area contributed by atoms with E-state index in [-0.39, 0.29) is 0 Å². The van der Waals surface area contributed by atoms with Crippen molar-refractivity contribution in [1.29, 1.82) is 0 Å². The number of hydrogen-bond acceptors (Lipinski definition) is 6. The summed E-state index contributed by atoms with van der Waals surface area (Å²) >= 11 is 0. The van der Waals surface area contributed by atoms with Crippen molar-refractivity contribution in [2.75, 3.05) is 18.6 Å². The Balaban J connectivity index is 1.44. The van der Waals surface area contributed by atoms with Crippen LogP contribution in [0.1, 0.15) is 32.0 Å². The first kappa shape index (κ1) is 26.4. The Morgan fingerprint density at radius 2 is 1.92 bits per heavy atom. The molecule has 0 bridgehead atoms. The van der Waals surface area contributed by atoms with Gasteiger partial charge in [-0.05, 0) is 69.3 Å². The number of pyridine rings is 2. The quantitative estimate of drug-likeness (QED) is 0.314. The predicted octanol–water partition coefficient (Wildman–Crippen LogP) is 5.40. The first-order valence-electron chi connectivity index (χ1n) is 12.1. The molecule has 1 amide bonds. The number of carboxylic acids is 1. The van der Waals surface area contributed by atoms with Crippen LogP contribution in [0.3, 0.4) is 0 Å². The molecule has 38 heavy (non-hydrogen) atoms. The molecular weight excluding hydrogens is 484 g/mol. The van der Waals surface area contributed by atoms with Gasteiger partial charge in [-0.25, -0.2) is 14.6 Å². The smallest absolute Gasteiger partial charge is 0.415 e. The van der Waals surface area contributed by atoms with Crippen LogP contribution in [0.25, 0.3) is 16.6 Å². The number of aromatic nitrogens is 3. The van der Waals surface area contributed by atoms with Crippen molar-refractivity contribution in [3.63, 3.8) is 0 Å². The number of amides is 1. The summed E-state index contributed by atoms with van der Waals surface area (Å²) in [6.45, 7) is 5.84. The highest BCUT2D eigenvalue weighted by atomic mass is 16.6. The number of rotatable bonds is 8. The Morgan fingerprint density at radius 1 is 1.11 bits per heavy atom. The number of ether oxygens (including phenoxy) is 2. The van der Waals surface area contributed by atoms with E-state index < -0.39 is 17.7 Å². The highest BCUT2D eigenvalue weighted by molar-refractivity contribution is 5.94. The normalized spacial score (nSPS) is 11.8. The minimum Gasteiger partial charge on any atom is -0.493 e. The van der Waals surface area contributed by atoms with Gasteiger partial charge in [0.1, 0.15) is 17.2 Å².